The van der Waals surface area contributed by atoms with Crippen molar-refractivity contribution in [2.45, 2.75) is 25.7 Å². The Kier molecular flexibility index (Phi) is 6.17. The van der Waals surface area contributed by atoms with E-state index in [1.807, 2.05) is 0 Å². The van der Waals surface area contributed by atoms with E-state index in [0.29, 0.717) is 0 Å². The topological polar surface area (TPSA) is 16.4 Å². The average molecular weight is 616 g/mol. The molecule has 48 heavy (non-hydrogen) atoms. The van der Waals surface area contributed by atoms with Crippen molar-refractivity contribution in [2.24, 2.45) is 0 Å². The maximum atomic E-state index is 6.70. The Balaban J connectivity index is 1.17. The number of hydrogen-bond donors (Lipinski definition) is 0. The van der Waals surface area contributed by atoms with Gasteiger partial charge in [0.15, 0.2) is 0 Å². The monoisotopic (exact) mass is 615 g/mol. The number of benzene rings is 7. The van der Waals surface area contributed by atoms with Crippen LogP contribution < -0.4 is 4.90 Å². The van der Waals surface area contributed by atoms with E-state index in [1.54, 1.807) is 0 Å². The Bertz CT molecular complexity index is 2600. The van der Waals surface area contributed by atoms with Gasteiger partial charge in [0, 0.05) is 39.5 Å². The molecule has 2 nitrogen and oxygen atoms in total. The fraction of sp³-hybridized carbons (Fsp3) is 0.0870. The molecular weight excluding hydrogens is 583 g/mol. The van der Waals surface area contributed by atoms with Gasteiger partial charge in [0.05, 0.1) is 0 Å². The lowest BCUT2D eigenvalue weighted by Crippen LogP contribution is -2.09. The molecule has 2 heteroatoms. The van der Waals surface area contributed by atoms with E-state index in [4.69, 9.17) is 4.42 Å². The first-order valence-corrected chi connectivity index (χ1v) is 17.0. The number of anilines is 3. The van der Waals surface area contributed by atoms with Crippen LogP contribution in [0.15, 0.2) is 144 Å². The van der Waals surface area contributed by atoms with Crippen molar-refractivity contribution in [3.63, 3.8) is 0 Å². The Labute approximate surface area is 279 Å². The Morgan fingerprint density at radius 3 is 2.12 bits per heavy atom. The Morgan fingerprint density at radius 2 is 1.21 bits per heavy atom. The lowest BCUT2D eigenvalue weighted by molar-refractivity contribution is 0.661. The standard InChI is InChI=1S/C46H33NO/c1-2-8-30(9-3-1)31-14-20-35(21-15-31)47(37-23-27-42-43-26-19-33-11-5-7-13-39(33)46(43)48-45(42)29-37)36-22-16-34-18-24-40-38-12-6-4-10-32(38)17-25-41(40)44(34)28-36/h1-3,5-6,8-9,11-12,14-29H,4,7,10,13H2. The van der Waals surface area contributed by atoms with Gasteiger partial charge < -0.3 is 9.32 Å². The number of fused-ring (bicyclic) bond motifs is 10. The van der Waals surface area contributed by atoms with Crippen molar-refractivity contribution in [2.75, 3.05) is 4.90 Å². The molecule has 0 radical (unpaired) electrons. The molecule has 10 rings (SSSR count). The molecule has 0 atom stereocenters. The van der Waals surface area contributed by atoms with Gasteiger partial charge in [-0.15, -0.1) is 0 Å². The van der Waals surface area contributed by atoms with E-state index >= 15 is 0 Å². The van der Waals surface area contributed by atoms with Crippen LogP contribution in [0.3, 0.4) is 0 Å². The molecule has 0 saturated carbocycles. The van der Waals surface area contributed by atoms with Gasteiger partial charge in [0.2, 0.25) is 0 Å². The fourth-order valence-electron chi connectivity index (χ4n) is 7.96. The summed E-state index contributed by atoms with van der Waals surface area (Å²) < 4.78 is 6.70. The molecule has 0 N–H and O–H groups in total. The first-order chi connectivity index (χ1) is 23.8. The van der Waals surface area contributed by atoms with Crippen molar-refractivity contribution in [1.29, 1.82) is 0 Å². The van der Waals surface area contributed by atoms with E-state index in [2.05, 4.69) is 157 Å². The summed E-state index contributed by atoms with van der Waals surface area (Å²) in [5.41, 5.74) is 13.1. The van der Waals surface area contributed by atoms with Crippen LogP contribution in [0.1, 0.15) is 35.1 Å². The average Bonchev–Trinajstić information content (AvgIpc) is 3.54. The molecule has 0 fully saturated rings. The number of rotatable bonds is 4. The van der Waals surface area contributed by atoms with Crippen molar-refractivity contribution >= 4 is 72.7 Å². The molecular formula is C46H33NO. The summed E-state index contributed by atoms with van der Waals surface area (Å²) in [5.74, 6) is 0. The van der Waals surface area contributed by atoms with E-state index < -0.39 is 0 Å². The maximum absolute atomic E-state index is 6.70. The molecule has 0 bridgehead atoms. The number of furan rings is 1. The van der Waals surface area contributed by atoms with Crippen LogP contribution in [-0.4, -0.2) is 0 Å². The minimum Gasteiger partial charge on any atom is -0.456 e. The van der Waals surface area contributed by atoms with E-state index in [1.165, 1.54) is 60.3 Å². The molecule has 0 spiro atoms. The molecule has 7 aromatic carbocycles. The summed E-state index contributed by atoms with van der Waals surface area (Å²) >= 11 is 0. The van der Waals surface area contributed by atoms with Crippen LogP contribution >= 0.6 is 0 Å². The highest BCUT2D eigenvalue weighted by Gasteiger charge is 2.19. The molecule has 1 aromatic heterocycles. The minimum atomic E-state index is 0.918. The Hall–Kier alpha value is -5.86. The summed E-state index contributed by atoms with van der Waals surface area (Å²) in [4.78, 5) is 2.37. The highest BCUT2D eigenvalue weighted by Crippen LogP contribution is 2.42. The third kappa shape index (κ3) is 4.33. The molecule has 0 saturated heterocycles. The van der Waals surface area contributed by atoms with E-state index in [-0.39, 0.29) is 0 Å². The van der Waals surface area contributed by atoms with Gasteiger partial charge in [-0.1, -0.05) is 103 Å². The van der Waals surface area contributed by atoms with Crippen LogP contribution in [0.4, 0.5) is 17.1 Å². The zero-order valence-electron chi connectivity index (χ0n) is 26.6. The van der Waals surface area contributed by atoms with E-state index in [0.717, 1.165) is 59.3 Å². The zero-order valence-corrected chi connectivity index (χ0v) is 26.6. The molecule has 8 aromatic rings. The first-order valence-electron chi connectivity index (χ1n) is 17.0. The molecule has 1 heterocycles. The third-order valence-electron chi connectivity index (χ3n) is 10.4. The van der Waals surface area contributed by atoms with Crippen LogP contribution in [0.25, 0.3) is 66.8 Å². The summed E-state index contributed by atoms with van der Waals surface area (Å²) in [6.45, 7) is 0. The predicted molar refractivity (Wildman–Crippen MR) is 204 cm³/mol. The Morgan fingerprint density at radius 1 is 0.500 bits per heavy atom. The summed E-state index contributed by atoms with van der Waals surface area (Å²) in [6, 6.07) is 46.8. The summed E-state index contributed by atoms with van der Waals surface area (Å²) in [5, 5.41) is 7.49. The second-order valence-corrected chi connectivity index (χ2v) is 13.1. The van der Waals surface area contributed by atoms with Gasteiger partial charge >= 0.3 is 0 Å². The SMILES string of the molecule is C1=Cc2c(ccc3c2ccc2ccc(N(c4ccc(-c5ccccc5)cc4)c4ccc5c(c4)oc4c6c(ccc45)C=CCC6)cc23)CC1. The van der Waals surface area contributed by atoms with Crippen molar-refractivity contribution in [3.8, 4) is 11.1 Å². The number of hydrogen-bond acceptors (Lipinski definition) is 2. The highest BCUT2D eigenvalue weighted by molar-refractivity contribution is 6.12. The lowest BCUT2D eigenvalue weighted by atomic mass is 9.90. The molecule has 228 valence electrons. The smallest absolute Gasteiger partial charge is 0.139 e. The lowest BCUT2D eigenvalue weighted by Gasteiger charge is -2.26. The van der Waals surface area contributed by atoms with Crippen LogP contribution in [0, 0.1) is 0 Å². The van der Waals surface area contributed by atoms with Crippen molar-refractivity contribution in [3.05, 3.63) is 162 Å². The molecule has 0 aliphatic heterocycles. The normalized spacial score (nSPS) is 13.8. The molecule has 2 aliphatic carbocycles. The molecule has 0 unspecified atom stereocenters. The van der Waals surface area contributed by atoms with Crippen LogP contribution in [0.2, 0.25) is 0 Å². The predicted octanol–water partition coefficient (Wildman–Crippen LogP) is 12.9. The van der Waals surface area contributed by atoms with Crippen molar-refractivity contribution < 1.29 is 4.42 Å². The molecule has 2 aliphatic rings. The van der Waals surface area contributed by atoms with Gasteiger partial charge in [-0.05, 0) is 118 Å². The van der Waals surface area contributed by atoms with Crippen LogP contribution in [0.5, 0.6) is 0 Å². The molecule has 0 amide bonds. The quantitative estimate of drug-likeness (QED) is 0.183. The largest absolute Gasteiger partial charge is 0.456 e. The fourth-order valence-corrected chi connectivity index (χ4v) is 7.96. The maximum Gasteiger partial charge on any atom is 0.139 e. The second kappa shape index (κ2) is 10.9. The number of allylic oxidation sites excluding steroid dienone is 2. The minimum absolute atomic E-state index is 0.918. The van der Waals surface area contributed by atoms with Gasteiger partial charge in [-0.3, -0.25) is 0 Å². The first kappa shape index (κ1) is 27.3. The van der Waals surface area contributed by atoms with E-state index in [9.17, 15) is 0 Å². The zero-order chi connectivity index (χ0) is 31.6. The van der Waals surface area contributed by atoms with Gasteiger partial charge in [-0.2, -0.15) is 0 Å². The number of nitrogens with zero attached hydrogens (tertiary/aromatic N) is 1. The van der Waals surface area contributed by atoms with Crippen molar-refractivity contribution in [1.82, 2.24) is 0 Å². The summed E-state index contributed by atoms with van der Waals surface area (Å²) in [6.07, 6.45) is 13.4. The van der Waals surface area contributed by atoms with Gasteiger partial charge in [0.25, 0.3) is 0 Å². The second-order valence-electron chi connectivity index (χ2n) is 13.1. The highest BCUT2D eigenvalue weighted by atomic mass is 16.3. The van der Waals surface area contributed by atoms with Gasteiger partial charge in [-0.25, -0.2) is 0 Å². The summed E-state index contributed by atoms with van der Waals surface area (Å²) in [7, 11) is 0. The van der Waals surface area contributed by atoms with Crippen LogP contribution in [-0.2, 0) is 12.8 Å². The van der Waals surface area contributed by atoms with Gasteiger partial charge in [0.1, 0.15) is 11.2 Å². The third-order valence-corrected chi connectivity index (χ3v) is 10.4. The number of aryl methyl sites for hydroxylation is 2.